The Morgan fingerprint density at radius 2 is 2.06 bits per heavy atom. The molecule has 2 rings (SSSR count). The van der Waals surface area contributed by atoms with Gasteiger partial charge in [-0.2, -0.15) is 5.10 Å². The van der Waals surface area contributed by atoms with Crippen molar-refractivity contribution >= 4 is 15.9 Å². The smallest absolute Gasteiger partial charge is 0.0537 e. The summed E-state index contributed by atoms with van der Waals surface area (Å²) < 4.78 is 3.07. The molecular weight excluding hydrogens is 290 g/mol. The Labute approximate surface area is 116 Å². The molecule has 1 aromatic carbocycles. The van der Waals surface area contributed by atoms with Gasteiger partial charge in [0.05, 0.1) is 6.20 Å². The molecule has 2 aromatic rings. The number of halogens is 1. The summed E-state index contributed by atoms with van der Waals surface area (Å²) in [6, 6.07) is 6.44. The quantitative estimate of drug-likeness (QED) is 0.940. The van der Waals surface area contributed by atoms with Crippen LogP contribution in [0, 0.1) is 13.8 Å². The standard InChI is InChI=1S/C14H18BrN3/c1-10-6-12(4-5-14(10)15)7-16-8-13-9-17-18(3)11(13)2/h4-6,9,16H,7-8H2,1-3H3. The van der Waals surface area contributed by atoms with Crippen LogP contribution in [0.25, 0.3) is 0 Å². The van der Waals surface area contributed by atoms with E-state index < -0.39 is 0 Å². The number of aryl methyl sites for hydroxylation is 2. The molecule has 1 aromatic heterocycles. The van der Waals surface area contributed by atoms with Gasteiger partial charge in [0.15, 0.2) is 0 Å². The highest BCUT2D eigenvalue weighted by Crippen LogP contribution is 2.17. The molecule has 4 heteroatoms. The van der Waals surface area contributed by atoms with Crippen LogP contribution in [0.3, 0.4) is 0 Å². The average Bonchev–Trinajstić information content (AvgIpc) is 2.66. The second kappa shape index (κ2) is 5.67. The van der Waals surface area contributed by atoms with E-state index in [4.69, 9.17) is 0 Å². The third-order valence-corrected chi connectivity index (χ3v) is 4.09. The Kier molecular flexibility index (Phi) is 4.19. The second-order valence-electron chi connectivity index (χ2n) is 4.57. The molecule has 3 nitrogen and oxygen atoms in total. The van der Waals surface area contributed by atoms with E-state index in [9.17, 15) is 0 Å². The largest absolute Gasteiger partial charge is 0.308 e. The van der Waals surface area contributed by atoms with Crippen molar-refractivity contribution in [1.82, 2.24) is 15.1 Å². The molecule has 18 heavy (non-hydrogen) atoms. The van der Waals surface area contributed by atoms with Crippen molar-refractivity contribution in [3.05, 3.63) is 51.3 Å². The van der Waals surface area contributed by atoms with Crippen molar-refractivity contribution in [1.29, 1.82) is 0 Å². The maximum absolute atomic E-state index is 4.24. The minimum atomic E-state index is 0.856. The molecule has 0 unspecified atom stereocenters. The summed E-state index contributed by atoms with van der Waals surface area (Å²) in [4.78, 5) is 0. The molecule has 0 spiro atoms. The highest BCUT2D eigenvalue weighted by Gasteiger charge is 2.03. The Morgan fingerprint density at radius 1 is 1.28 bits per heavy atom. The van der Waals surface area contributed by atoms with E-state index in [1.165, 1.54) is 22.4 Å². The molecule has 0 fully saturated rings. The zero-order valence-corrected chi connectivity index (χ0v) is 12.6. The van der Waals surface area contributed by atoms with Gasteiger partial charge >= 0.3 is 0 Å². The van der Waals surface area contributed by atoms with Crippen molar-refractivity contribution < 1.29 is 0 Å². The summed E-state index contributed by atoms with van der Waals surface area (Å²) in [5.74, 6) is 0. The molecule has 0 atom stereocenters. The number of rotatable bonds is 4. The fourth-order valence-electron chi connectivity index (χ4n) is 1.88. The van der Waals surface area contributed by atoms with Gasteiger partial charge in [-0.1, -0.05) is 28.1 Å². The number of hydrogen-bond acceptors (Lipinski definition) is 2. The van der Waals surface area contributed by atoms with Gasteiger partial charge < -0.3 is 5.32 Å². The number of hydrogen-bond donors (Lipinski definition) is 1. The van der Waals surface area contributed by atoms with E-state index in [0.29, 0.717) is 0 Å². The fraction of sp³-hybridized carbons (Fsp3) is 0.357. The highest BCUT2D eigenvalue weighted by molar-refractivity contribution is 9.10. The molecule has 1 heterocycles. The lowest BCUT2D eigenvalue weighted by molar-refractivity contribution is 0.684. The van der Waals surface area contributed by atoms with Gasteiger partial charge in [0.25, 0.3) is 0 Å². The molecule has 0 aliphatic rings. The summed E-state index contributed by atoms with van der Waals surface area (Å²) in [6.07, 6.45) is 1.93. The SMILES string of the molecule is Cc1cc(CNCc2cnn(C)c2C)ccc1Br. The van der Waals surface area contributed by atoms with Crippen LogP contribution in [0.4, 0.5) is 0 Å². The first-order valence-corrected chi connectivity index (χ1v) is 6.80. The minimum Gasteiger partial charge on any atom is -0.308 e. The van der Waals surface area contributed by atoms with Crippen LogP contribution in [-0.4, -0.2) is 9.78 Å². The molecule has 0 bridgehead atoms. The molecule has 0 saturated heterocycles. The molecule has 0 aliphatic heterocycles. The predicted molar refractivity (Wildman–Crippen MR) is 77.4 cm³/mol. The van der Waals surface area contributed by atoms with Crippen LogP contribution in [0.2, 0.25) is 0 Å². The molecule has 0 aliphatic carbocycles. The van der Waals surface area contributed by atoms with E-state index in [-0.39, 0.29) is 0 Å². The zero-order valence-electron chi connectivity index (χ0n) is 11.0. The zero-order chi connectivity index (χ0) is 13.1. The van der Waals surface area contributed by atoms with Crippen molar-refractivity contribution in [3.8, 4) is 0 Å². The van der Waals surface area contributed by atoms with Gasteiger partial charge in [-0.05, 0) is 31.0 Å². The van der Waals surface area contributed by atoms with E-state index >= 15 is 0 Å². The average molecular weight is 308 g/mol. The molecule has 96 valence electrons. The van der Waals surface area contributed by atoms with Crippen molar-refractivity contribution in [3.63, 3.8) is 0 Å². The van der Waals surface area contributed by atoms with Gasteiger partial charge in [0.2, 0.25) is 0 Å². The van der Waals surface area contributed by atoms with Crippen molar-refractivity contribution in [2.24, 2.45) is 7.05 Å². The van der Waals surface area contributed by atoms with Crippen LogP contribution in [0.1, 0.15) is 22.4 Å². The summed E-state index contributed by atoms with van der Waals surface area (Å²) >= 11 is 3.52. The molecule has 0 saturated carbocycles. The highest BCUT2D eigenvalue weighted by atomic mass is 79.9. The Hall–Kier alpha value is -1.13. The third-order valence-electron chi connectivity index (χ3n) is 3.20. The first-order chi connectivity index (χ1) is 8.58. The summed E-state index contributed by atoms with van der Waals surface area (Å²) in [5, 5.41) is 7.69. The third kappa shape index (κ3) is 3.00. The summed E-state index contributed by atoms with van der Waals surface area (Å²) in [6.45, 7) is 5.93. The first-order valence-electron chi connectivity index (χ1n) is 6.01. The first kappa shape index (κ1) is 13.3. The lowest BCUT2D eigenvalue weighted by Gasteiger charge is -2.06. The molecular formula is C14H18BrN3. The van der Waals surface area contributed by atoms with Crippen LogP contribution in [0.5, 0.6) is 0 Å². The minimum absolute atomic E-state index is 0.856. The van der Waals surface area contributed by atoms with Gasteiger partial charge in [0, 0.05) is 35.9 Å². The van der Waals surface area contributed by atoms with E-state index in [1.54, 1.807) is 0 Å². The number of aromatic nitrogens is 2. The van der Waals surface area contributed by atoms with Crippen LogP contribution >= 0.6 is 15.9 Å². The van der Waals surface area contributed by atoms with Gasteiger partial charge in [-0.15, -0.1) is 0 Å². The fourth-order valence-corrected chi connectivity index (χ4v) is 2.12. The van der Waals surface area contributed by atoms with Gasteiger partial charge in [0.1, 0.15) is 0 Å². The number of nitrogens with one attached hydrogen (secondary N) is 1. The Morgan fingerprint density at radius 3 is 2.67 bits per heavy atom. The monoisotopic (exact) mass is 307 g/mol. The number of nitrogens with zero attached hydrogens (tertiary/aromatic N) is 2. The lowest BCUT2D eigenvalue weighted by atomic mass is 10.1. The predicted octanol–water partition coefficient (Wildman–Crippen LogP) is 3.09. The van der Waals surface area contributed by atoms with E-state index in [1.807, 2.05) is 17.9 Å². The van der Waals surface area contributed by atoms with E-state index in [0.717, 1.165) is 17.6 Å². The van der Waals surface area contributed by atoms with Crippen molar-refractivity contribution in [2.75, 3.05) is 0 Å². The maximum atomic E-state index is 4.24. The van der Waals surface area contributed by atoms with E-state index in [2.05, 4.69) is 58.4 Å². The molecule has 0 radical (unpaired) electrons. The Bertz CT molecular complexity index is 546. The second-order valence-corrected chi connectivity index (χ2v) is 5.42. The molecule has 1 N–H and O–H groups in total. The normalized spacial score (nSPS) is 10.9. The summed E-state index contributed by atoms with van der Waals surface area (Å²) in [7, 11) is 1.97. The van der Waals surface area contributed by atoms with Gasteiger partial charge in [-0.25, -0.2) is 0 Å². The molecule has 0 amide bonds. The van der Waals surface area contributed by atoms with Crippen LogP contribution < -0.4 is 5.32 Å². The van der Waals surface area contributed by atoms with Crippen LogP contribution in [-0.2, 0) is 20.1 Å². The van der Waals surface area contributed by atoms with Crippen LogP contribution in [0.15, 0.2) is 28.9 Å². The Balaban J connectivity index is 1.92. The van der Waals surface area contributed by atoms with Gasteiger partial charge in [-0.3, -0.25) is 4.68 Å². The lowest BCUT2D eigenvalue weighted by Crippen LogP contribution is -2.13. The summed E-state index contributed by atoms with van der Waals surface area (Å²) in [5.41, 5.74) is 5.05. The maximum Gasteiger partial charge on any atom is 0.0537 e. The topological polar surface area (TPSA) is 29.9 Å². The number of benzene rings is 1. The van der Waals surface area contributed by atoms with Crippen molar-refractivity contribution in [2.45, 2.75) is 26.9 Å².